The van der Waals surface area contributed by atoms with E-state index in [0.717, 1.165) is 46.8 Å². The van der Waals surface area contributed by atoms with Crippen LogP contribution in [-0.4, -0.2) is 47.9 Å². The van der Waals surface area contributed by atoms with E-state index in [9.17, 15) is 4.79 Å². The number of hydrogen-bond donors (Lipinski definition) is 2. The molecule has 2 aromatic rings. The maximum Gasteiger partial charge on any atom is 0.231 e. The highest BCUT2D eigenvalue weighted by atomic mass is 32.2. The van der Waals surface area contributed by atoms with E-state index >= 15 is 0 Å². The molecule has 0 aliphatic carbocycles. The summed E-state index contributed by atoms with van der Waals surface area (Å²) in [4.78, 5) is 12.1. The molecular weight excluding hydrogens is 388 g/mol. The first-order valence-corrected chi connectivity index (χ1v) is 10.5. The number of anilines is 1. The van der Waals surface area contributed by atoms with Crippen molar-refractivity contribution in [3.05, 3.63) is 23.8 Å². The van der Waals surface area contributed by atoms with Gasteiger partial charge in [0.25, 0.3) is 0 Å². The number of ether oxygens (including phenoxy) is 3. The lowest BCUT2D eigenvalue weighted by molar-refractivity contribution is -0.118. The number of rotatable bonds is 8. The lowest BCUT2D eigenvalue weighted by atomic mass is 10.2. The molecule has 27 heavy (non-hydrogen) atoms. The Bertz CT molecular complexity index is 795. The molecule has 1 aromatic heterocycles. The van der Waals surface area contributed by atoms with Gasteiger partial charge in [-0.25, -0.2) is 0 Å². The zero-order chi connectivity index (χ0) is 18.5. The number of carbonyl (C=O) groups is 1. The van der Waals surface area contributed by atoms with Crippen LogP contribution in [0.15, 0.2) is 22.5 Å². The summed E-state index contributed by atoms with van der Waals surface area (Å²) < 4.78 is 17.0. The Kier molecular flexibility index (Phi) is 5.95. The Morgan fingerprint density at radius 3 is 3.11 bits per heavy atom. The molecule has 1 aromatic carbocycles. The van der Waals surface area contributed by atoms with Crippen molar-refractivity contribution in [1.29, 1.82) is 0 Å². The molecule has 1 atom stereocenters. The minimum Gasteiger partial charge on any atom is -0.454 e. The van der Waals surface area contributed by atoms with Crippen LogP contribution < -0.4 is 20.1 Å². The number of nitrogens with one attached hydrogen (secondary N) is 2. The second-order valence-corrected chi connectivity index (χ2v) is 8.34. The van der Waals surface area contributed by atoms with Crippen molar-refractivity contribution in [3.63, 3.8) is 0 Å². The molecule has 1 amide bonds. The molecule has 2 aliphatic heterocycles. The Morgan fingerprint density at radius 2 is 2.22 bits per heavy atom. The average Bonchev–Trinajstić information content (AvgIpc) is 3.44. The zero-order valence-electron chi connectivity index (χ0n) is 14.6. The molecule has 2 N–H and O–H groups in total. The number of fused-ring (bicyclic) bond motifs is 1. The summed E-state index contributed by atoms with van der Waals surface area (Å²) in [6.07, 6.45) is 2.45. The first-order chi connectivity index (χ1) is 13.3. The second kappa shape index (κ2) is 8.77. The summed E-state index contributed by atoms with van der Waals surface area (Å²) in [5.74, 6) is 1.70. The molecule has 144 valence electrons. The van der Waals surface area contributed by atoms with Gasteiger partial charge < -0.3 is 24.8 Å². The minimum atomic E-state index is -0.0540. The molecule has 1 saturated heterocycles. The Labute approximate surface area is 165 Å². The highest BCUT2D eigenvalue weighted by molar-refractivity contribution is 8.01. The van der Waals surface area contributed by atoms with Crippen molar-refractivity contribution in [1.82, 2.24) is 15.5 Å². The summed E-state index contributed by atoms with van der Waals surface area (Å²) in [5.41, 5.74) is 0.967. The maximum atomic E-state index is 12.1. The van der Waals surface area contributed by atoms with E-state index in [2.05, 4.69) is 20.8 Å². The van der Waals surface area contributed by atoms with Crippen LogP contribution in [-0.2, 0) is 16.1 Å². The predicted octanol–water partition coefficient (Wildman–Crippen LogP) is 2.27. The molecular formula is C17H20N4O4S2. The monoisotopic (exact) mass is 408 g/mol. The molecule has 1 fully saturated rings. The Hall–Kier alpha value is -2.04. The van der Waals surface area contributed by atoms with Gasteiger partial charge in [-0.2, -0.15) is 0 Å². The van der Waals surface area contributed by atoms with Gasteiger partial charge in [0.1, 0.15) is 0 Å². The van der Waals surface area contributed by atoms with Crippen molar-refractivity contribution in [2.75, 3.05) is 31.0 Å². The quantitative estimate of drug-likeness (QED) is 0.643. The molecule has 3 heterocycles. The van der Waals surface area contributed by atoms with Gasteiger partial charge in [0.05, 0.1) is 11.9 Å². The Morgan fingerprint density at radius 1 is 1.30 bits per heavy atom. The van der Waals surface area contributed by atoms with Crippen molar-refractivity contribution in [3.8, 4) is 11.5 Å². The number of carbonyl (C=O) groups excluding carboxylic acids is 1. The minimum absolute atomic E-state index is 0.0540. The van der Waals surface area contributed by atoms with E-state index < -0.39 is 0 Å². The van der Waals surface area contributed by atoms with E-state index in [1.165, 1.54) is 23.1 Å². The standard InChI is InChI=1S/C17H20N4O4S2/c22-15(18-7-11-3-4-13-14(6-11)25-10-24-13)9-26-17-21-20-16(27-17)19-8-12-2-1-5-23-12/h3-4,6,12H,1-2,5,7-10H2,(H,18,22)(H,19,20)/t12-/m1/s1. The van der Waals surface area contributed by atoms with Crippen LogP contribution in [0.25, 0.3) is 0 Å². The van der Waals surface area contributed by atoms with Gasteiger partial charge >= 0.3 is 0 Å². The lowest BCUT2D eigenvalue weighted by Crippen LogP contribution is -2.24. The van der Waals surface area contributed by atoms with Gasteiger partial charge in [0.2, 0.25) is 17.8 Å². The number of thioether (sulfide) groups is 1. The van der Waals surface area contributed by atoms with Crippen LogP contribution in [0.5, 0.6) is 11.5 Å². The number of amides is 1. The predicted molar refractivity (Wildman–Crippen MR) is 103 cm³/mol. The summed E-state index contributed by atoms with van der Waals surface area (Å²) in [6.45, 7) is 2.27. The van der Waals surface area contributed by atoms with Gasteiger partial charge in [-0.05, 0) is 30.5 Å². The number of aromatic nitrogens is 2. The van der Waals surface area contributed by atoms with Crippen LogP contribution in [0.4, 0.5) is 5.13 Å². The fourth-order valence-corrected chi connectivity index (χ4v) is 4.36. The first-order valence-electron chi connectivity index (χ1n) is 8.73. The van der Waals surface area contributed by atoms with Gasteiger partial charge in [0, 0.05) is 19.7 Å². The number of nitrogens with zero attached hydrogens (tertiary/aromatic N) is 2. The Balaban J connectivity index is 1.18. The van der Waals surface area contributed by atoms with E-state index in [1.54, 1.807) is 0 Å². The molecule has 2 aliphatic rings. The molecule has 4 rings (SSSR count). The van der Waals surface area contributed by atoms with Crippen molar-refractivity contribution < 1.29 is 19.0 Å². The van der Waals surface area contributed by atoms with Crippen LogP contribution in [0.1, 0.15) is 18.4 Å². The second-order valence-electron chi connectivity index (χ2n) is 6.14. The zero-order valence-corrected chi connectivity index (χ0v) is 16.2. The smallest absolute Gasteiger partial charge is 0.231 e. The molecule has 0 spiro atoms. The van der Waals surface area contributed by atoms with Gasteiger partial charge in [-0.3, -0.25) is 4.79 Å². The van der Waals surface area contributed by atoms with Crippen LogP contribution >= 0.6 is 23.1 Å². The molecule has 0 radical (unpaired) electrons. The first kappa shape index (κ1) is 18.3. The van der Waals surface area contributed by atoms with E-state index in [-0.39, 0.29) is 18.8 Å². The highest BCUT2D eigenvalue weighted by Gasteiger charge is 2.16. The molecule has 0 bridgehead atoms. The molecule has 10 heteroatoms. The van der Waals surface area contributed by atoms with E-state index in [4.69, 9.17) is 14.2 Å². The summed E-state index contributed by atoms with van der Waals surface area (Å²) in [7, 11) is 0. The van der Waals surface area contributed by atoms with Crippen LogP contribution in [0.2, 0.25) is 0 Å². The van der Waals surface area contributed by atoms with Crippen LogP contribution in [0, 0.1) is 0 Å². The highest BCUT2D eigenvalue weighted by Crippen LogP contribution is 2.32. The van der Waals surface area contributed by atoms with Crippen molar-refractivity contribution in [2.24, 2.45) is 0 Å². The molecule has 8 nitrogen and oxygen atoms in total. The normalized spacial score (nSPS) is 17.9. The number of hydrogen-bond acceptors (Lipinski definition) is 9. The summed E-state index contributed by atoms with van der Waals surface area (Å²) >= 11 is 2.83. The van der Waals surface area contributed by atoms with Gasteiger partial charge in [-0.15, -0.1) is 10.2 Å². The van der Waals surface area contributed by atoms with E-state index in [0.29, 0.717) is 18.0 Å². The number of benzene rings is 1. The summed E-state index contributed by atoms with van der Waals surface area (Å²) in [5, 5.41) is 15.1. The fourth-order valence-electron chi connectivity index (χ4n) is 2.78. The van der Waals surface area contributed by atoms with E-state index in [1.807, 2.05) is 18.2 Å². The third-order valence-corrected chi connectivity index (χ3v) is 6.18. The van der Waals surface area contributed by atoms with Crippen molar-refractivity contribution in [2.45, 2.75) is 29.8 Å². The third-order valence-electron chi connectivity index (χ3n) is 4.16. The third kappa shape index (κ3) is 5.02. The van der Waals surface area contributed by atoms with Crippen LogP contribution in [0.3, 0.4) is 0 Å². The van der Waals surface area contributed by atoms with Crippen molar-refractivity contribution >= 4 is 34.1 Å². The fraction of sp³-hybridized carbons (Fsp3) is 0.471. The molecule has 0 unspecified atom stereocenters. The topological polar surface area (TPSA) is 94.6 Å². The lowest BCUT2D eigenvalue weighted by Gasteiger charge is -2.08. The van der Waals surface area contributed by atoms with Gasteiger partial charge in [0.15, 0.2) is 15.8 Å². The largest absolute Gasteiger partial charge is 0.454 e. The maximum absolute atomic E-state index is 12.1. The summed E-state index contributed by atoms with van der Waals surface area (Å²) in [6, 6.07) is 5.65. The van der Waals surface area contributed by atoms with Gasteiger partial charge in [-0.1, -0.05) is 29.2 Å². The molecule has 0 saturated carbocycles. The average molecular weight is 409 g/mol. The SMILES string of the molecule is O=C(CSc1nnc(NC[C@H]2CCCO2)s1)NCc1ccc2c(c1)OCO2.